The highest BCUT2D eigenvalue weighted by Crippen LogP contribution is 2.23. The van der Waals surface area contributed by atoms with E-state index in [0.717, 1.165) is 0 Å². The molecule has 0 unspecified atom stereocenters. The smallest absolute Gasteiger partial charge is 0.392 e. The lowest BCUT2D eigenvalue weighted by atomic mass is 10.1. The Morgan fingerprint density at radius 3 is 2.56 bits per heavy atom. The summed E-state index contributed by atoms with van der Waals surface area (Å²) in [5, 5.41) is 11.9. The Morgan fingerprint density at radius 2 is 2.00 bits per heavy atom. The van der Waals surface area contributed by atoms with Crippen molar-refractivity contribution in [1.82, 2.24) is 0 Å². The standard InChI is InChI=1S/C12H14F3NO2/c1-2-10(16-17)9-5-3-4-6-11(9)18-8-7-12(13,14)15/h3-6,17H,2,7-8H2,1H3. The molecule has 0 atom stereocenters. The van der Waals surface area contributed by atoms with Gasteiger partial charge in [0.1, 0.15) is 5.75 Å². The number of nitrogens with zero attached hydrogens (tertiary/aromatic N) is 1. The van der Waals surface area contributed by atoms with Gasteiger partial charge in [-0.15, -0.1) is 0 Å². The lowest BCUT2D eigenvalue weighted by molar-refractivity contribution is -0.139. The summed E-state index contributed by atoms with van der Waals surface area (Å²) < 4.78 is 41.1. The van der Waals surface area contributed by atoms with Crippen molar-refractivity contribution in [2.45, 2.75) is 25.9 Å². The first-order valence-electron chi connectivity index (χ1n) is 5.47. The van der Waals surface area contributed by atoms with Crippen molar-refractivity contribution in [2.24, 2.45) is 5.16 Å². The van der Waals surface area contributed by atoms with Crippen molar-refractivity contribution in [1.29, 1.82) is 0 Å². The van der Waals surface area contributed by atoms with Gasteiger partial charge in [-0.1, -0.05) is 24.2 Å². The van der Waals surface area contributed by atoms with Crippen LogP contribution < -0.4 is 4.74 Å². The fourth-order valence-corrected chi connectivity index (χ4v) is 1.42. The van der Waals surface area contributed by atoms with Crippen LogP contribution in [0.15, 0.2) is 29.4 Å². The van der Waals surface area contributed by atoms with E-state index in [2.05, 4.69) is 5.16 Å². The fourth-order valence-electron chi connectivity index (χ4n) is 1.42. The quantitative estimate of drug-likeness (QED) is 0.500. The normalized spacial score (nSPS) is 12.6. The van der Waals surface area contributed by atoms with E-state index >= 15 is 0 Å². The predicted molar refractivity (Wildman–Crippen MR) is 61.2 cm³/mol. The monoisotopic (exact) mass is 261 g/mol. The minimum atomic E-state index is -4.24. The molecule has 1 aromatic rings. The van der Waals surface area contributed by atoms with E-state index < -0.39 is 19.2 Å². The summed E-state index contributed by atoms with van der Waals surface area (Å²) in [4.78, 5) is 0. The molecule has 18 heavy (non-hydrogen) atoms. The van der Waals surface area contributed by atoms with Gasteiger partial charge in [0.05, 0.1) is 18.7 Å². The maximum absolute atomic E-state index is 12.0. The molecule has 3 nitrogen and oxygen atoms in total. The van der Waals surface area contributed by atoms with Crippen molar-refractivity contribution in [2.75, 3.05) is 6.61 Å². The first-order valence-corrected chi connectivity index (χ1v) is 5.47. The number of ether oxygens (including phenoxy) is 1. The average Bonchev–Trinajstić information content (AvgIpc) is 2.31. The van der Waals surface area contributed by atoms with Crippen molar-refractivity contribution in [3.05, 3.63) is 29.8 Å². The van der Waals surface area contributed by atoms with E-state index in [1.807, 2.05) is 0 Å². The van der Waals surface area contributed by atoms with E-state index in [1.165, 1.54) is 0 Å². The number of hydrogen-bond acceptors (Lipinski definition) is 3. The highest BCUT2D eigenvalue weighted by molar-refractivity contribution is 6.02. The van der Waals surface area contributed by atoms with Crippen LogP contribution in [0.25, 0.3) is 0 Å². The van der Waals surface area contributed by atoms with Gasteiger partial charge < -0.3 is 9.94 Å². The third-order valence-electron chi connectivity index (χ3n) is 2.30. The highest BCUT2D eigenvalue weighted by atomic mass is 19.4. The molecule has 100 valence electrons. The maximum Gasteiger partial charge on any atom is 0.392 e. The molecule has 1 N–H and O–H groups in total. The number of para-hydroxylation sites is 1. The third kappa shape index (κ3) is 4.27. The summed E-state index contributed by atoms with van der Waals surface area (Å²) in [5.74, 6) is 0.288. The van der Waals surface area contributed by atoms with Crippen LogP contribution in [0.2, 0.25) is 0 Å². The number of oxime groups is 1. The van der Waals surface area contributed by atoms with Gasteiger partial charge in [-0.2, -0.15) is 13.2 Å². The van der Waals surface area contributed by atoms with E-state index in [9.17, 15) is 13.2 Å². The summed E-state index contributed by atoms with van der Waals surface area (Å²) in [6, 6.07) is 6.54. The second kappa shape index (κ2) is 6.28. The predicted octanol–water partition coefficient (Wildman–Crippen LogP) is 3.61. The molecule has 0 saturated carbocycles. The van der Waals surface area contributed by atoms with Crippen molar-refractivity contribution in [3.8, 4) is 5.75 Å². The summed E-state index contributed by atoms with van der Waals surface area (Å²) >= 11 is 0. The molecule has 0 bridgehead atoms. The minimum Gasteiger partial charge on any atom is -0.493 e. The van der Waals surface area contributed by atoms with Gasteiger partial charge in [-0.3, -0.25) is 0 Å². The van der Waals surface area contributed by atoms with E-state index in [0.29, 0.717) is 17.7 Å². The highest BCUT2D eigenvalue weighted by Gasteiger charge is 2.27. The molecule has 0 fully saturated rings. The third-order valence-corrected chi connectivity index (χ3v) is 2.30. The van der Waals surface area contributed by atoms with Crippen LogP contribution in [0.1, 0.15) is 25.3 Å². The molecule has 0 spiro atoms. The number of hydrogen-bond donors (Lipinski definition) is 1. The minimum absolute atomic E-state index is 0.288. The summed E-state index contributed by atoms with van der Waals surface area (Å²) in [6.07, 6.45) is -4.80. The lowest BCUT2D eigenvalue weighted by Gasteiger charge is -2.12. The van der Waals surface area contributed by atoms with Gasteiger partial charge in [0, 0.05) is 5.56 Å². The Labute approximate surface area is 103 Å². The van der Waals surface area contributed by atoms with Crippen molar-refractivity contribution in [3.63, 3.8) is 0 Å². The number of halogens is 3. The average molecular weight is 261 g/mol. The molecule has 0 heterocycles. The molecule has 0 radical (unpaired) electrons. The first kappa shape index (κ1) is 14.3. The Balaban J connectivity index is 2.77. The molecule has 0 amide bonds. The van der Waals surface area contributed by atoms with Crippen LogP contribution in [-0.2, 0) is 0 Å². The lowest BCUT2D eigenvalue weighted by Crippen LogP contribution is -2.14. The van der Waals surface area contributed by atoms with Gasteiger partial charge >= 0.3 is 6.18 Å². The Morgan fingerprint density at radius 1 is 1.33 bits per heavy atom. The van der Waals surface area contributed by atoms with Crippen molar-refractivity contribution >= 4 is 5.71 Å². The molecule has 0 saturated heterocycles. The molecule has 0 aliphatic rings. The largest absolute Gasteiger partial charge is 0.493 e. The zero-order valence-electron chi connectivity index (χ0n) is 9.87. The molecular formula is C12H14F3NO2. The van der Waals surface area contributed by atoms with E-state index in [-0.39, 0.29) is 5.75 Å². The molecule has 1 rings (SSSR count). The summed E-state index contributed by atoms with van der Waals surface area (Å²) in [7, 11) is 0. The molecule has 0 aromatic heterocycles. The van der Waals surface area contributed by atoms with Crippen molar-refractivity contribution < 1.29 is 23.1 Å². The molecule has 6 heteroatoms. The Bertz CT molecular complexity index is 416. The van der Waals surface area contributed by atoms with Gasteiger partial charge in [0.25, 0.3) is 0 Å². The number of alkyl halides is 3. The zero-order valence-corrected chi connectivity index (χ0v) is 9.87. The van der Waals surface area contributed by atoms with Crippen LogP contribution in [0.3, 0.4) is 0 Å². The van der Waals surface area contributed by atoms with Crippen LogP contribution in [-0.4, -0.2) is 23.7 Å². The maximum atomic E-state index is 12.0. The van der Waals surface area contributed by atoms with Crippen LogP contribution in [0.5, 0.6) is 5.75 Å². The summed E-state index contributed by atoms with van der Waals surface area (Å²) in [6.45, 7) is 1.32. The SMILES string of the molecule is CCC(=NO)c1ccccc1OCCC(F)(F)F. The number of benzene rings is 1. The molecular weight excluding hydrogens is 247 g/mol. The van der Waals surface area contributed by atoms with Gasteiger partial charge in [-0.25, -0.2) is 0 Å². The van der Waals surface area contributed by atoms with Crippen LogP contribution in [0.4, 0.5) is 13.2 Å². The van der Waals surface area contributed by atoms with Gasteiger partial charge in [-0.05, 0) is 18.6 Å². The Hall–Kier alpha value is -1.72. The fraction of sp³-hybridized carbons (Fsp3) is 0.417. The van der Waals surface area contributed by atoms with E-state index in [4.69, 9.17) is 9.94 Å². The van der Waals surface area contributed by atoms with Crippen LogP contribution in [0, 0.1) is 0 Å². The van der Waals surface area contributed by atoms with Crippen LogP contribution >= 0.6 is 0 Å². The van der Waals surface area contributed by atoms with E-state index in [1.54, 1.807) is 31.2 Å². The first-order chi connectivity index (χ1) is 8.48. The molecule has 0 aliphatic carbocycles. The second-order valence-corrected chi connectivity index (χ2v) is 3.61. The molecule has 1 aromatic carbocycles. The summed E-state index contributed by atoms with van der Waals surface area (Å²) in [5.41, 5.74) is 0.877. The second-order valence-electron chi connectivity index (χ2n) is 3.61. The zero-order chi connectivity index (χ0) is 13.6. The Kier molecular flexibility index (Phi) is 5.00. The topological polar surface area (TPSA) is 41.8 Å². The number of rotatable bonds is 5. The molecule has 0 aliphatic heterocycles. The van der Waals surface area contributed by atoms with Gasteiger partial charge in [0.2, 0.25) is 0 Å². The van der Waals surface area contributed by atoms with Gasteiger partial charge in [0.15, 0.2) is 0 Å².